The van der Waals surface area contributed by atoms with Crippen molar-refractivity contribution in [1.29, 1.82) is 0 Å². The van der Waals surface area contributed by atoms with E-state index >= 15 is 0 Å². The highest BCUT2D eigenvalue weighted by Gasteiger charge is 2.24. The van der Waals surface area contributed by atoms with Gasteiger partial charge in [-0.25, -0.2) is 0 Å². The molecule has 6 heteroatoms. The monoisotopic (exact) mass is 438 g/mol. The van der Waals surface area contributed by atoms with Gasteiger partial charge in [-0.05, 0) is 68.9 Å². The Hall–Kier alpha value is -3.02. The van der Waals surface area contributed by atoms with Gasteiger partial charge in [0, 0.05) is 25.6 Å². The largest absolute Gasteiger partial charge is 0.493 e. The third-order valence-electron chi connectivity index (χ3n) is 6.02. The number of hydrogen-bond donors (Lipinski definition) is 1. The number of carbonyl (C=O) groups excluding carboxylic acids is 2. The van der Waals surface area contributed by atoms with E-state index < -0.39 is 0 Å². The van der Waals surface area contributed by atoms with Gasteiger partial charge in [0.2, 0.25) is 5.91 Å². The number of para-hydroxylation sites is 1. The molecule has 0 aliphatic carbocycles. The number of carbonyl (C=O) groups is 2. The van der Waals surface area contributed by atoms with Gasteiger partial charge >= 0.3 is 0 Å². The molecule has 0 unspecified atom stereocenters. The molecule has 0 atom stereocenters. The zero-order valence-electron chi connectivity index (χ0n) is 19.4. The molecule has 1 fully saturated rings. The summed E-state index contributed by atoms with van der Waals surface area (Å²) in [6.45, 7) is 7.87. The van der Waals surface area contributed by atoms with Gasteiger partial charge in [0.25, 0.3) is 5.91 Å². The molecule has 32 heavy (non-hydrogen) atoms. The molecule has 1 aliphatic heterocycles. The Bertz CT molecular complexity index is 920. The molecule has 6 nitrogen and oxygen atoms in total. The molecule has 0 saturated carbocycles. The molecule has 2 aromatic carbocycles. The molecular formula is C26H34N2O4. The third-order valence-corrected chi connectivity index (χ3v) is 6.02. The number of nitrogens with zero attached hydrogens (tertiary/aromatic N) is 1. The van der Waals surface area contributed by atoms with Crippen LogP contribution in [0.25, 0.3) is 0 Å². The number of piperidine rings is 1. The second-order valence-electron chi connectivity index (χ2n) is 8.43. The summed E-state index contributed by atoms with van der Waals surface area (Å²) in [5, 5.41) is 3.10. The van der Waals surface area contributed by atoms with Gasteiger partial charge in [-0.1, -0.05) is 30.3 Å². The SMILES string of the molecule is Cc1ccccc1OCCCC(=O)NC1CCN(C(=O)COc2cccc(C)c2C)CC1. The van der Waals surface area contributed by atoms with Crippen molar-refractivity contribution in [3.05, 3.63) is 59.2 Å². The first-order chi connectivity index (χ1) is 15.4. The Kier molecular flexibility index (Phi) is 8.54. The van der Waals surface area contributed by atoms with Gasteiger partial charge < -0.3 is 19.7 Å². The predicted molar refractivity (Wildman–Crippen MR) is 125 cm³/mol. The number of aryl methyl sites for hydroxylation is 2. The summed E-state index contributed by atoms with van der Waals surface area (Å²) in [4.78, 5) is 26.6. The second kappa shape index (κ2) is 11.6. The van der Waals surface area contributed by atoms with E-state index in [-0.39, 0.29) is 24.5 Å². The van der Waals surface area contributed by atoms with Crippen molar-refractivity contribution < 1.29 is 19.1 Å². The van der Waals surface area contributed by atoms with Crippen LogP contribution in [0.1, 0.15) is 42.4 Å². The minimum Gasteiger partial charge on any atom is -0.493 e. The van der Waals surface area contributed by atoms with Gasteiger partial charge in [0.05, 0.1) is 6.61 Å². The lowest BCUT2D eigenvalue weighted by Crippen LogP contribution is -2.47. The van der Waals surface area contributed by atoms with Gasteiger partial charge in [0.1, 0.15) is 11.5 Å². The summed E-state index contributed by atoms with van der Waals surface area (Å²) >= 11 is 0. The molecule has 1 saturated heterocycles. The Morgan fingerprint density at radius 2 is 1.62 bits per heavy atom. The van der Waals surface area contributed by atoms with E-state index in [1.54, 1.807) is 0 Å². The van der Waals surface area contributed by atoms with Gasteiger partial charge in [0.15, 0.2) is 6.61 Å². The fourth-order valence-electron chi connectivity index (χ4n) is 3.82. The van der Waals surface area contributed by atoms with Crippen LogP contribution in [0.2, 0.25) is 0 Å². The van der Waals surface area contributed by atoms with E-state index in [0.29, 0.717) is 32.5 Å². The minimum atomic E-state index is -0.0102. The van der Waals surface area contributed by atoms with Crippen molar-refractivity contribution in [1.82, 2.24) is 10.2 Å². The first-order valence-corrected chi connectivity index (χ1v) is 11.4. The average molecular weight is 439 g/mol. The number of amides is 2. The van der Waals surface area contributed by atoms with E-state index in [1.165, 1.54) is 0 Å². The summed E-state index contributed by atoms with van der Waals surface area (Å²) < 4.78 is 11.5. The number of nitrogens with one attached hydrogen (secondary N) is 1. The van der Waals surface area contributed by atoms with Crippen LogP contribution in [0.4, 0.5) is 0 Å². The van der Waals surface area contributed by atoms with Crippen LogP contribution in [0.15, 0.2) is 42.5 Å². The van der Waals surface area contributed by atoms with Crippen LogP contribution in [0.3, 0.4) is 0 Å². The molecule has 0 radical (unpaired) electrons. The van der Waals surface area contributed by atoms with Crippen molar-refractivity contribution in [3.8, 4) is 11.5 Å². The second-order valence-corrected chi connectivity index (χ2v) is 8.43. The topological polar surface area (TPSA) is 67.9 Å². The smallest absolute Gasteiger partial charge is 0.260 e. The summed E-state index contributed by atoms with van der Waals surface area (Å²) in [5.74, 6) is 1.66. The molecule has 0 spiro atoms. The van der Waals surface area contributed by atoms with Crippen LogP contribution >= 0.6 is 0 Å². The zero-order chi connectivity index (χ0) is 22.9. The van der Waals surface area contributed by atoms with Crippen LogP contribution in [-0.4, -0.2) is 49.1 Å². The van der Waals surface area contributed by atoms with Crippen LogP contribution < -0.4 is 14.8 Å². The number of hydrogen-bond acceptors (Lipinski definition) is 4. The van der Waals surface area contributed by atoms with E-state index in [0.717, 1.165) is 41.0 Å². The predicted octanol–water partition coefficient (Wildman–Crippen LogP) is 3.96. The van der Waals surface area contributed by atoms with E-state index in [1.807, 2.05) is 68.1 Å². The van der Waals surface area contributed by atoms with Crippen molar-refractivity contribution >= 4 is 11.8 Å². The molecule has 1 N–H and O–H groups in total. The first kappa shape index (κ1) is 23.6. The fraction of sp³-hybridized carbons (Fsp3) is 0.462. The van der Waals surface area contributed by atoms with E-state index in [4.69, 9.17) is 9.47 Å². The van der Waals surface area contributed by atoms with E-state index in [2.05, 4.69) is 5.32 Å². The molecule has 1 heterocycles. The Balaban J connectivity index is 1.31. The maximum Gasteiger partial charge on any atom is 0.260 e. The molecular weight excluding hydrogens is 404 g/mol. The van der Waals surface area contributed by atoms with Crippen LogP contribution in [-0.2, 0) is 9.59 Å². The normalized spacial score (nSPS) is 14.2. The van der Waals surface area contributed by atoms with Crippen LogP contribution in [0, 0.1) is 20.8 Å². The lowest BCUT2D eigenvalue weighted by molar-refractivity contribution is -0.134. The molecule has 3 rings (SSSR count). The lowest BCUT2D eigenvalue weighted by atomic mass is 10.0. The number of likely N-dealkylation sites (tertiary alicyclic amines) is 1. The quantitative estimate of drug-likeness (QED) is 0.602. The Labute approximate surface area is 190 Å². The highest BCUT2D eigenvalue weighted by molar-refractivity contribution is 5.78. The molecule has 1 aliphatic rings. The summed E-state index contributed by atoms with van der Waals surface area (Å²) in [6.07, 6.45) is 2.64. The highest BCUT2D eigenvalue weighted by atomic mass is 16.5. The first-order valence-electron chi connectivity index (χ1n) is 11.4. The van der Waals surface area contributed by atoms with Crippen molar-refractivity contribution in [2.45, 2.75) is 52.5 Å². The molecule has 0 aromatic heterocycles. The molecule has 172 valence electrons. The summed E-state index contributed by atoms with van der Waals surface area (Å²) in [5.41, 5.74) is 3.30. The lowest BCUT2D eigenvalue weighted by Gasteiger charge is -2.32. The zero-order valence-corrected chi connectivity index (χ0v) is 19.4. The Morgan fingerprint density at radius 1 is 0.938 bits per heavy atom. The third kappa shape index (κ3) is 6.74. The van der Waals surface area contributed by atoms with Crippen molar-refractivity contribution in [2.24, 2.45) is 0 Å². The van der Waals surface area contributed by atoms with Gasteiger partial charge in [-0.15, -0.1) is 0 Å². The number of benzene rings is 2. The van der Waals surface area contributed by atoms with Gasteiger partial charge in [-0.2, -0.15) is 0 Å². The minimum absolute atomic E-state index is 0.0102. The van der Waals surface area contributed by atoms with Crippen LogP contribution in [0.5, 0.6) is 11.5 Å². The van der Waals surface area contributed by atoms with E-state index in [9.17, 15) is 9.59 Å². The average Bonchev–Trinajstić information content (AvgIpc) is 2.79. The standard InChI is InChI=1S/C26H34N2O4/c1-19-9-6-11-24(21(19)3)32-18-26(30)28-15-13-22(14-16-28)27-25(29)12-7-17-31-23-10-5-4-8-20(23)2/h4-6,8-11,22H,7,12-18H2,1-3H3,(H,27,29). The molecule has 0 bridgehead atoms. The van der Waals surface area contributed by atoms with Crippen molar-refractivity contribution in [3.63, 3.8) is 0 Å². The number of rotatable bonds is 9. The summed E-state index contributed by atoms with van der Waals surface area (Å²) in [7, 11) is 0. The highest BCUT2D eigenvalue weighted by Crippen LogP contribution is 2.21. The Morgan fingerprint density at radius 3 is 2.38 bits per heavy atom. The number of ether oxygens (including phenoxy) is 2. The molecule has 2 aromatic rings. The van der Waals surface area contributed by atoms with Crippen molar-refractivity contribution in [2.75, 3.05) is 26.3 Å². The maximum absolute atomic E-state index is 12.5. The molecule has 2 amide bonds. The maximum atomic E-state index is 12.5. The summed E-state index contributed by atoms with van der Waals surface area (Å²) in [6, 6.07) is 13.8. The fourth-order valence-corrected chi connectivity index (χ4v) is 3.82. The van der Waals surface area contributed by atoms with Gasteiger partial charge in [-0.3, -0.25) is 9.59 Å².